The van der Waals surface area contributed by atoms with Crippen molar-refractivity contribution in [3.63, 3.8) is 0 Å². The van der Waals surface area contributed by atoms with Gasteiger partial charge < -0.3 is 20.5 Å². The van der Waals surface area contributed by atoms with Crippen molar-refractivity contribution in [1.29, 1.82) is 0 Å². The lowest BCUT2D eigenvalue weighted by Gasteiger charge is -2.24. The lowest BCUT2D eigenvalue weighted by Crippen LogP contribution is -2.31. The first kappa shape index (κ1) is 21.3. The standard InChI is InChI=1S/C23H26N4O3/c1-15-22(16(2)30-26-15)23(29)27(13-19-8-6-7-18(11-19)12-24)14-20-9-4-5-10-21(20)25-17(3)28/h4-11H,12-14,24H2,1-3H3,(H,25,28). The fourth-order valence-electron chi connectivity index (χ4n) is 3.40. The molecule has 0 unspecified atom stereocenters. The lowest BCUT2D eigenvalue weighted by atomic mass is 10.1. The van der Waals surface area contributed by atoms with E-state index < -0.39 is 0 Å². The van der Waals surface area contributed by atoms with Crippen LogP contribution in [0.15, 0.2) is 53.1 Å². The van der Waals surface area contributed by atoms with E-state index in [1.165, 1.54) is 6.92 Å². The van der Waals surface area contributed by atoms with E-state index in [1.54, 1.807) is 18.7 Å². The number of rotatable bonds is 7. The summed E-state index contributed by atoms with van der Waals surface area (Å²) in [5.74, 6) is 0.136. The summed E-state index contributed by atoms with van der Waals surface area (Å²) < 4.78 is 5.21. The van der Waals surface area contributed by atoms with Crippen LogP contribution in [-0.2, 0) is 24.4 Å². The van der Waals surface area contributed by atoms with Gasteiger partial charge in [0.15, 0.2) is 0 Å². The molecule has 2 amide bonds. The molecule has 0 bridgehead atoms. The minimum absolute atomic E-state index is 0.165. The average molecular weight is 406 g/mol. The summed E-state index contributed by atoms with van der Waals surface area (Å²) in [5, 5.41) is 6.76. The molecule has 7 nitrogen and oxygen atoms in total. The maximum atomic E-state index is 13.5. The number of hydrogen-bond acceptors (Lipinski definition) is 5. The van der Waals surface area contributed by atoms with Crippen LogP contribution >= 0.6 is 0 Å². The zero-order valence-corrected chi connectivity index (χ0v) is 17.4. The quantitative estimate of drug-likeness (QED) is 0.625. The Morgan fingerprint density at radius 3 is 2.47 bits per heavy atom. The highest BCUT2D eigenvalue weighted by Crippen LogP contribution is 2.23. The maximum Gasteiger partial charge on any atom is 0.259 e. The molecule has 156 valence electrons. The van der Waals surface area contributed by atoms with E-state index in [0.717, 1.165) is 16.7 Å². The Hall–Kier alpha value is -3.45. The number of benzene rings is 2. The van der Waals surface area contributed by atoms with E-state index in [4.69, 9.17) is 10.3 Å². The number of nitrogens with one attached hydrogen (secondary N) is 1. The van der Waals surface area contributed by atoms with Crippen LogP contribution in [0.2, 0.25) is 0 Å². The van der Waals surface area contributed by atoms with Gasteiger partial charge in [-0.3, -0.25) is 9.59 Å². The van der Waals surface area contributed by atoms with Crippen molar-refractivity contribution in [3.8, 4) is 0 Å². The Morgan fingerprint density at radius 2 is 1.80 bits per heavy atom. The largest absolute Gasteiger partial charge is 0.361 e. The molecular formula is C23H26N4O3. The van der Waals surface area contributed by atoms with Crippen molar-refractivity contribution in [1.82, 2.24) is 10.1 Å². The van der Waals surface area contributed by atoms with Gasteiger partial charge in [-0.25, -0.2) is 0 Å². The number of hydrogen-bond donors (Lipinski definition) is 2. The minimum Gasteiger partial charge on any atom is -0.361 e. The number of para-hydroxylation sites is 1. The first-order chi connectivity index (χ1) is 14.4. The Morgan fingerprint density at radius 1 is 1.07 bits per heavy atom. The van der Waals surface area contributed by atoms with Crippen LogP contribution in [-0.4, -0.2) is 21.9 Å². The molecule has 0 aliphatic rings. The van der Waals surface area contributed by atoms with Crippen molar-refractivity contribution >= 4 is 17.5 Å². The van der Waals surface area contributed by atoms with Gasteiger partial charge in [-0.2, -0.15) is 0 Å². The van der Waals surface area contributed by atoms with Crippen LogP contribution < -0.4 is 11.1 Å². The highest BCUT2D eigenvalue weighted by atomic mass is 16.5. The van der Waals surface area contributed by atoms with Gasteiger partial charge in [0.05, 0.1) is 5.69 Å². The van der Waals surface area contributed by atoms with Gasteiger partial charge >= 0.3 is 0 Å². The average Bonchev–Trinajstić information content (AvgIpc) is 3.06. The fraction of sp³-hybridized carbons (Fsp3) is 0.261. The Bertz CT molecular complexity index is 1040. The van der Waals surface area contributed by atoms with Gasteiger partial charge in [-0.15, -0.1) is 0 Å². The summed E-state index contributed by atoms with van der Waals surface area (Å²) in [6.45, 7) is 6.06. The molecule has 0 radical (unpaired) electrons. The summed E-state index contributed by atoms with van der Waals surface area (Å²) in [6, 6.07) is 15.3. The molecule has 3 aromatic rings. The molecule has 7 heteroatoms. The number of nitrogens with zero attached hydrogens (tertiary/aromatic N) is 2. The third-order valence-corrected chi connectivity index (χ3v) is 4.82. The van der Waals surface area contributed by atoms with Gasteiger partial charge in [-0.05, 0) is 36.6 Å². The predicted octanol–water partition coefficient (Wildman–Crippen LogP) is 3.55. The molecule has 2 aromatic carbocycles. The number of aromatic nitrogens is 1. The first-order valence-corrected chi connectivity index (χ1v) is 9.74. The summed E-state index contributed by atoms with van der Waals surface area (Å²) in [4.78, 5) is 26.8. The third kappa shape index (κ3) is 4.93. The molecule has 0 fully saturated rings. The van der Waals surface area contributed by atoms with Crippen molar-refractivity contribution in [2.24, 2.45) is 5.73 Å². The predicted molar refractivity (Wildman–Crippen MR) is 115 cm³/mol. The number of anilines is 1. The molecule has 0 aliphatic carbocycles. The summed E-state index contributed by atoms with van der Waals surface area (Å²) >= 11 is 0. The normalized spacial score (nSPS) is 10.7. The maximum absolute atomic E-state index is 13.5. The van der Waals surface area contributed by atoms with Crippen molar-refractivity contribution in [3.05, 3.63) is 82.2 Å². The van der Waals surface area contributed by atoms with Crippen molar-refractivity contribution in [2.75, 3.05) is 5.32 Å². The topological polar surface area (TPSA) is 101 Å². The molecule has 0 atom stereocenters. The Balaban J connectivity index is 1.97. The van der Waals surface area contributed by atoms with Gasteiger partial charge in [0.1, 0.15) is 11.3 Å². The number of carbonyl (C=O) groups excluding carboxylic acids is 2. The smallest absolute Gasteiger partial charge is 0.259 e. The van der Waals surface area contributed by atoms with Crippen LogP contribution in [0.4, 0.5) is 5.69 Å². The SMILES string of the molecule is CC(=O)Nc1ccccc1CN(Cc1cccc(CN)c1)C(=O)c1c(C)noc1C. The van der Waals surface area contributed by atoms with E-state index >= 15 is 0 Å². The fourth-order valence-corrected chi connectivity index (χ4v) is 3.40. The Labute approximate surface area is 175 Å². The molecule has 0 saturated carbocycles. The van der Waals surface area contributed by atoms with Crippen LogP contribution in [0.1, 0.15) is 45.4 Å². The number of aryl methyl sites for hydroxylation is 2. The molecule has 1 aromatic heterocycles. The monoisotopic (exact) mass is 406 g/mol. The van der Waals surface area contributed by atoms with Crippen LogP contribution in [0.25, 0.3) is 0 Å². The second-order valence-corrected chi connectivity index (χ2v) is 7.22. The first-order valence-electron chi connectivity index (χ1n) is 9.74. The number of nitrogens with two attached hydrogens (primary N) is 1. The van der Waals surface area contributed by atoms with Crippen molar-refractivity contribution < 1.29 is 14.1 Å². The van der Waals surface area contributed by atoms with Gasteiger partial charge in [-0.1, -0.05) is 47.6 Å². The minimum atomic E-state index is -0.179. The van der Waals surface area contributed by atoms with E-state index in [-0.39, 0.29) is 11.8 Å². The molecule has 3 N–H and O–H groups in total. The molecule has 0 aliphatic heterocycles. The lowest BCUT2D eigenvalue weighted by molar-refractivity contribution is -0.114. The zero-order chi connectivity index (χ0) is 21.7. The zero-order valence-electron chi connectivity index (χ0n) is 17.4. The highest BCUT2D eigenvalue weighted by molar-refractivity contribution is 5.96. The van der Waals surface area contributed by atoms with E-state index in [0.29, 0.717) is 42.3 Å². The Kier molecular flexibility index (Phi) is 6.64. The second kappa shape index (κ2) is 9.37. The number of amides is 2. The van der Waals surface area contributed by atoms with E-state index in [9.17, 15) is 9.59 Å². The number of carbonyl (C=O) groups is 2. The summed E-state index contributed by atoms with van der Waals surface area (Å²) in [7, 11) is 0. The summed E-state index contributed by atoms with van der Waals surface area (Å²) in [6.07, 6.45) is 0. The molecular weight excluding hydrogens is 380 g/mol. The molecule has 3 rings (SSSR count). The molecule has 1 heterocycles. The van der Waals surface area contributed by atoms with Gasteiger partial charge in [0, 0.05) is 32.2 Å². The van der Waals surface area contributed by atoms with Crippen molar-refractivity contribution in [2.45, 2.75) is 40.4 Å². The molecule has 0 saturated heterocycles. The van der Waals surface area contributed by atoms with Gasteiger partial charge in [0.2, 0.25) is 5.91 Å². The van der Waals surface area contributed by atoms with E-state index in [2.05, 4.69) is 10.5 Å². The van der Waals surface area contributed by atoms with Crippen LogP contribution in [0.5, 0.6) is 0 Å². The van der Waals surface area contributed by atoms with Crippen LogP contribution in [0.3, 0.4) is 0 Å². The second-order valence-electron chi connectivity index (χ2n) is 7.22. The molecule has 30 heavy (non-hydrogen) atoms. The highest BCUT2D eigenvalue weighted by Gasteiger charge is 2.24. The summed E-state index contributed by atoms with van der Waals surface area (Å²) in [5.41, 5.74) is 10.3. The molecule has 0 spiro atoms. The third-order valence-electron chi connectivity index (χ3n) is 4.82. The van der Waals surface area contributed by atoms with Gasteiger partial charge in [0.25, 0.3) is 5.91 Å². The van der Waals surface area contributed by atoms with Crippen LogP contribution in [0, 0.1) is 13.8 Å². The van der Waals surface area contributed by atoms with E-state index in [1.807, 2.05) is 48.5 Å².